The number of ether oxygens (including phenoxy) is 4. The Kier molecular flexibility index (Phi) is 8.74. The zero-order valence-electron chi connectivity index (χ0n) is 17.6. The van der Waals surface area contributed by atoms with Crippen LogP contribution in [0.1, 0.15) is 24.5 Å². The largest absolute Gasteiger partial charge is 0.508 e. The van der Waals surface area contributed by atoms with Crippen molar-refractivity contribution in [3.05, 3.63) is 57.7 Å². The molecule has 0 saturated heterocycles. The molecule has 176 valence electrons. The van der Waals surface area contributed by atoms with Gasteiger partial charge in [-0.3, -0.25) is 15.3 Å². The van der Waals surface area contributed by atoms with E-state index < -0.39 is 24.2 Å². The van der Waals surface area contributed by atoms with Crippen LogP contribution >= 0.6 is 22.6 Å². The number of phenolic OH excluding ortho intramolecular Hbond substituents is 1. The van der Waals surface area contributed by atoms with Crippen LogP contribution in [0.3, 0.4) is 0 Å². The number of rotatable bonds is 9. The van der Waals surface area contributed by atoms with Gasteiger partial charge in [0.1, 0.15) is 5.75 Å². The molecule has 0 spiro atoms. The number of fused-ring (bicyclic) bond motifs is 1. The summed E-state index contributed by atoms with van der Waals surface area (Å²) in [6.07, 6.45) is 1.14. The molecular weight excluding hydrogens is 547 g/mol. The molecule has 1 aliphatic rings. The van der Waals surface area contributed by atoms with Crippen molar-refractivity contribution in [1.29, 1.82) is 0 Å². The van der Waals surface area contributed by atoms with E-state index >= 15 is 0 Å². The molecular formula is C22H23IN2O8. The van der Waals surface area contributed by atoms with Crippen molar-refractivity contribution in [1.82, 2.24) is 5.48 Å². The average molecular weight is 570 g/mol. The first-order chi connectivity index (χ1) is 15.9. The van der Waals surface area contributed by atoms with Crippen molar-refractivity contribution in [2.24, 2.45) is 0 Å². The van der Waals surface area contributed by atoms with Crippen molar-refractivity contribution in [2.45, 2.75) is 25.0 Å². The highest BCUT2D eigenvalue weighted by molar-refractivity contribution is 14.1. The number of hydrogen-bond acceptors (Lipinski definition) is 8. The van der Waals surface area contributed by atoms with E-state index in [-0.39, 0.29) is 12.5 Å². The van der Waals surface area contributed by atoms with Crippen LogP contribution < -0.4 is 20.3 Å². The van der Waals surface area contributed by atoms with Gasteiger partial charge in [0.25, 0.3) is 5.91 Å². The van der Waals surface area contributed by atoms with Crippen molar-refractivity contribution in [3.63, 3.8) is 0 Å². The van der Waals surface area contributed by atoms with Gasteiger partial charge in [0.05, 0.1) is 6.10 Å². The standard InChI is InChI=1S/C22H23IN2O8/c1-30-18(4-2-3-5-20(27)25-29)21(15-10-13(23)6-8-16(15)26)33-22(28)24-14-7-9-17-19(11-14)32-12-31-17/h3,5-11,18,21,26,29H,2,4,12H2,1H3,(H,24,28)(H,25,27)/b5-3+/t18-,21-/m0/s1. The van der Waals surface area contributed by atoms with Crippen LogP contribution in [0.15, 0.2) is 48.6 Å². The molecule has 0 bridgehead atoms. The smallest absolute Gasteiger partial charge is 0.412 e. The lowest BCUT2D eigenvalue weighted by Gasteiger charge is -2.27. The van der Waals surface area contributed by atoms with Gasteiger partial charge in [-0.25, -0.2) is 10.3 Å². The molecule has 0 saturated carbocycles. The maximum absolute atomic E-state index is 12.7. The van der Waals surface area contributed by atoms with Gasteiger partial charge in [0.15, 0.2) is 17.6 Å². The second kappa shape index (κ2) is 11.7. The Balaban J connectivity index is 1.77. The molecule has 0 radical (unpaired) electrons. The van der Waals surface area contributed by atoms with E-state index in [2.05, 4.69) is 27.9 Å². The number of halogens is 1. The first-order valence-corrected chi connectivity index (χ1v) is 11.0. The second-order valence-electron chi connectivity index (χ2n) is 6.95. The normalized spacial score (nSPS) is 14.0. The van der Waals surface area contributed by atoms with E-state index in [9.17, 15) is 14.7 Å². The lowest BCUT2D eigenvalue weighted by molar-refractivity contribution is -0.124. The van der Waals surface area contributed by atoms with Crippen LogP contribution in [0, 0.1) is 3.57 Å². The number of anilines is 1. The summed E-state index contributed by atoms with van der Waals surface area (Å²) in [6.45, 7) is 0.112. The predicted molar refractivity (Wildman–Crippen MR) is 125 cm³/mol. The maximum Gasteiger partial charge on any atom is 0.412 e. The number of carbonyl (C=O) groups excluding carboxylic acids is 2. The fourth-order valence-electron chi connectivity index (χ4n) is 3.21. The molecule has 33 heavy (non-hydrogen) atoms. The molecule has 1 heterocycles. The predicted octanol–water partition coefficient (Wildman–Crippen LogP) is 3.87. The first kappa shape index (κ1) is 24.6. The third kappa shape index (κ3) is 6.73. The Hall–Kier alpha value is -3.03. The summed E-state index contributed by atoms with van der Waals surface area (Å²) < 4.78 is 22.7. The maximum atomic E-state index is 12.7. The molecule has 3 rings (SSSR count). The van der Waals surface area contributed by atoms with Crippen LogP contribution in [0.2, 0.25) is 0 Å². The van der Waals surface area contributed by atoms with Gasteiger partial charge in [-0.2, -0.15) is 0 Å². The first-order valence-electron chi connectivity index (χ1n) is 9.90. The minimum Gasteiger partial charge on any atom is -0.508 e. The molecule has 2 atom stereocenters. The van der Waals surface area contributed by atoms with E-state index in [0.717, 1.165) is 3.57 Å². The fourth-order valence-corrected chi connectivity index (χ4v) is 3.73. The van der Waals surface area contributed by atoms with Crippen LogP contribution in [-0.4, -0.2) is 42.3 Å². The highest BCUT2D eigenvalue weighted by Crippen LogP contribution is 2.36. The third-order valence-electron chi connectivity index (χ3n) is 4.79. The lowest BCUT2D eigenvalue weighted by atomic mass is 9.99. The summed E-state index contributed by atoms with van der Waals surface area (Å²) >= 11 is 2.09. The number of aromatic hydroxyl groups is 1. The van der Waals surface area contributed by atoms with Gasteiger partial charge in [-0.05, 0) is 65.8 Å². The lowest BCUT2D eigenvalue weighted by Crippen LogP contribution is -2.28. The quantitative estimate of drug-likeness (QED) is 0.155. The molecule has 0 aliphatic carbocycles. The molecule has 2 aromatic rings. The molecule has 0 aromatic heterocycles. The van der Waals surface area contributed by atoms with Gasteiger partial charge in [0.2, 0.25) is 6.79 Å². The number of allylic oxidation sites excluding steroid dienone is 1. The molecule has 10 nitrogen and oxygen atoms in total. The number of benzene rings is 2. The molecule has 4 N–H and O–H groups in total. The van der Waals surface area contributed by atoms with Crippen LogP contribution in [-0.2, 0) is 14.3 Å². The number of amides is 2. The second-order valence-corrected chi connectivity index (χ2v) is 8.20. The Morgan fingerprint density at radius 1 is 1.21 bits per heavy atom. The zero-order chi connectivity index (χ0) is 23.8. The summed E-state index contributed by atoms with van der Waals surface area (Å²) in [4.78, 5) is 23.9. The minimum absolute atomic E-state index is 0.0476. The topological polar surface area (TPSA) is 136 Å². The molecule has 2 aromatic carbocycles. The molecule has 1 aliphatic heterocycles. The monoisotopic (exact) mass is 570 g/mol. The van der Waals surface area contributed by atoms with E-state index in [0.29, 0.717) is 35.6 Å². The van der Waals surface area contributed by atoms with Gasteiger partial charge in [0, 0.05) is 34.1 Å². The Bertz CT molecular complexity index is 1030. The Morgan fingerprint density at radius 2 is 2.00 bits per heavy atom. The number of methoxy groups -OCH3 is 1. The summed E-state index contributed by atoms with van der Waals surface area (Å²) in [5.74, 6) is 0.384. The van der Waals surface area contributed by atoms with Gasteiger partial charge >= 0.3 is 6.09 Å². The molecule has 0 unspecified atom stereocenters. The summed E-state index contributed by atoms with van der Waals surface area (Å²) in [7, 11) is 1.46. The van der Waals surface area contributed by atoms with Crippen LogP contribution in [0.5, 0.6) is 17.2 Å². The number of phenols is 1. The van der Waals surface area contributed by atoms with Crippen LogP contribution in [0.25, 0.3) is 0 Å². The minimum atomic E-state index is -0.946. The van der Waals surface area contributed by atoms with E-state index in [4.69, 9.17) is 24.2 Å². The summed E-state index contributed by atoms with van der Waals surface area (Å²) in [5, 5.41) is 21.7. The Morgan fingerprint density at radius 3 is 2.76 bits per heavy atom. The average Bonchev–Trinajstić information content (AvgIpc) is 3.27. The van der Waals surface area contributed by atoms with Crippen molar-refractivity contribution < 1.29 is 38.9 Å². The number of hydroxylamine groups is 1. The number of hydrogen-bond donors (Lipinski definition) is 4. The summed E-state index contributed by atoms with van der Waals surface area (Å²) in [6, 6.07) is 9.88. The number of nitrogens with one attached hydrogen (secondary N) is 2. The highest BCUT2D eigenvalue weighted by Gasteiger charge is 2.29. The Labute approximate surface area is 203 Å². The van der Waals surface area contributed by atoms with E-state index in [1.54, 1.807) is 36.4 Å². The molecule has 2 amide bonds. The van der Waals surface area contributed by atoms with Gasteiger partial charge < -0.3 is 24.1 Å². The molecule has 0 fully saturated rings. The SMILES string of the molecule is CO[C@@H](CC/C=C/C(=O)NO)[C@@H](OC(=O)Nc1ccc2c(c1)OCO2)c1cc(I)ccc1O. The number of carbonyl (C=O) groups is 2. The highest BCUT2D eigenvalue weighted by atomic mass is 127. The van der Waals surface area contributed by atoms with E-state index in [1.165, 1.54) is 24.7 Å². The van der Waals surface area contributed by atoms with Crippen molar-refractivity contribution in [2.75, 3.05) is 19.2 Å². The molecule has 11 heteroatoms. The van der Waals surface area contributed by atoms with Crippen molar-refractivity contribution >= 4 is 40.3 Å². The van der Waals surface area contributed by atoms with Crippen molar-refractivity contribution in [3.8, 4) is 17.2 Å². The fraction of sp³-hybridized carbons (Fsp3) is 0.273. The summed E-state index contributed by atoms with van der Waals surface area (Å²) in [5.41, 5.74) is 2.34. The zero-order valence-corrected chi connectivity index (χ0v) is 19.8. The van der Waals surface area contributed by atoms with Gasteiger partial charge in [-0.1, -0.05) is 6.08 Å². The van der Waals surface area contributed by atoms with E-state index in [1.807, 2.05) is 0 Å². The van der Waals surface area contributed by atoms with Crippen LogP contribution in [0.4, 0.5) is 10.5 Å². The van der Waals surface area contributed by atoms with Gasteiger partial charge in [-0.15, -0.1) is 0 Å². The third-order valence-corrected chi connectivity index (χ3v) is 5.46.